The first-order valence-electron chi connectivity index (χ1n) is 5.43. The zero-order valence-corrected chi connectivity index (χ0v) is 9.33. The summed E-state index contributed by atoms with van der Waals surface area (Å²) in [6.07, 6.45) is 2.51. The summed E-state index contributed by atoms with van der Waals surface area (Å²) in [5.74, 6) is 0. The summed E-state index contributed by atoms with van der Waals surface area (Å²) in [6.45, 7) is 3.55. The molecular weight excluding hydrogens is 188 g/mol. The van der Waals surface area contributed by atoms with Gasteiger partial charge >= 0.3 is 0 Å². The fourth-order valence-electron chi connectivity index (χ4n) is 1.76. The fraction of sp³-hybridized carbons (Fsp3) is 0.538. The standard InChI is InChI=1S/C13H18O2/c1-12(2,14)11-5-3-4-10(8-11)9-13(15)6-7-13/h3-5,8,14-15H,6-7,9H2,1-2H3. The summed E-state index contributed by atoms with van der Waals surface area (Å²) in [4.78, 5) is 0. The summed E-state index contributed by atoms with van der Waals surface area (Å²) in [5.41, 5.74) is 0.749. The van der Waals surface area contributed by atoms with E-state index in [1.807, 2.05) is 24.3 Å². The molecule has 0 unspecified atom stereocenters. The Morgan fingerprint density at radius 2 is 2.00 bits per heavy atom. The number of benzene rings is 1. The molecule has 82 valence electrons. The Balaban J connectivity index is 2.19. The third-order valence-electron chi connectivity index (χ3n) is 2.99. The second-order valence-electron chi connectivity index (χ2n) is 5.16. The molecule has 0 radical (unpaired) electrons. The van der Waals surface area contributed by atoms with Crippen molar-refractivity contribution in [3.63, 3.8) is 0 Å². The summed E-state index contributed by atoms with van der Waals surface area (Å²) < 4.78 is 0. The van der Waals surface area contributed by atoms with Gasteiger partial charge in [-0.25, -0.2) is 0 Å². The van der Waals surface area contributed by atoms with Gasteiger partial charge in [-0.1, -0.05) is 24.3 Å². The van der Waals surface area contributed by atoms with Crippen molar-refractivity contribution < 1.29 is 10.2 Å². The number of hydrogen-bond donors (Lipinski definition) is 2. The molecule has 0 heterocycles. The van der Waals surface area contributed by atoms with Crippen LogP contribution in [0.25, 0.3) is 0 Å². The Morgan fingerprint density at radius 1 is 1.33 bits per heavy atom. The molecule has 0 bridgehead atoms. The summed E-state index contributed by atoms with van der Waals surface area (Å²) in [7, 11) is 0. The molecule has 1 fully saturated rings. The Morgan fingerprint density at radius 3 is 2.53 bits per heavy atom. The van der Waals surface area contributed by atoms with Crippen LogP contribution in [0.4, 0.5) is 0 Å². The van der Waals surface area contributed by atoms with Crippen molar-refractivity contribution in [3.8, 4) is 0 Å². The Kier molecular flexibility index (Phi) is 2.36. The molecule has 0 atom stereocenters. The van der Waals surface area contributed by atoms with Crippen molar-refractivity contribution in [1.29, 1.82) is 0 Å². The molecule has 0 spiro atoms. The quantitative estimate of drug-likeness (QED) is 0.794. The maximum absolute atomic E-state index is 9.86. The van der Waals surface area contributed by atoms with E-state index >= 15 is 0 Å². The topological polar surface area (TPSA) is 40.5 Å². The zero-order valence-electron chi connectivity index (χ0n) is 9.33. The van der Waals surface area contributed by atoms with Crippen molar-refractivity contribution in [2.24, 2.45) is 0 Å². The molecule has 15 heavy (non-hydrogen) atoms. The van der Waals surface area contributed by atoms with E-state index in [0.29, 0.717) is 6.42 Å². The highest BCUT2D eigenvalue weighted by Crippen LogP contribution is 2.38. The first-order valence-corrected chi connectivity index (χ1v) is 5.43. The predicted molar refractivity (Wildman–Crippen MR) is 59.6 cm³/mol. The molecule has 0 saturated heterocycles. The summed E-state index contributed by atoms with van der Waals surface area (Å²) in [5, 5.41) is 19.7. The smallest absolute Gasteiger partial charge is 0.0840 e. The van der Waals surface area contributed by atoms with Gasteiger partial charge in [0.25, 0.3) is 0 Å². The molecule has 0 aliphatic heterocycles. The van der Waals surface area contributed by atoms with Gasteiger partial charge in [0, 0.05) is 6.42 Å². The third kappa shape index (κ3) is 2.58. The SMILES string of the molecule is CC(C)(O)c1cccc(CC2(O)CC2)c1. The van der Waals surface area contributed by atoms with E-state index < -0.39 is 11.2 Å². The molecule has 2 N–H and O–H groups in total. The van der Waals surface area contributed by atoms with Crippen LogP contribution in [0, 0.1) is 0 Å². The molecule has 1 aromatic rings. The van der Waals surface area contributed by atoms with Gasteiger partial charge in [0.1, 0.15) is 0 Å². The number of rotatable bonds is 3. The van der Waals surface area contributed by atoms with Crippen LogP contribution in [0.1, 0.15) is 37.8 Å². The second-order valence-corrected chi connectivity index (χ2v) is 5.16. The summed E-state index contributed by atoms with van der Waals surface area (Å²) >= 11 is 0. The molecule has 0 amide bonds. The molecule has 0 aromatic heterocycles. The minimum absolute atomic E-state index is 0.460. The largest absolute Gasteiger partial charge is 0.390 e. The van der Waals surface area contributed by atoms with Crippen LogP contribution in [0.2, 0.25) is 0 Å². The van der Waals surface area contributed by atoms with Gasteiger partial charge < -0.3 is 10.2 Å². The number of hydrogen-bond acceptors (Lipinski definition) is 2. The highest BCUT2D eigenvalue weighted by Gasteiger charge is 2.40. The Hall–Kier alpha value is -0.860. The van der Waals surface area contributed by atoms with Crippen molar-refractivity contribution in [2.75, 3.05) is 0 Å². The van der Waals surface area contributed by atoms with Crippen LogP contribution >= 0.6 is 0 Å². The maximum atomic E-state index is 9.86. The van der Waals surface area contributed by atoms with Crippen molar-refractivity contribution in [3.05, 3.63) is 35.4 Å². The van der Waals surface area contributed by atoms with Gasteiger partial charge in [-0.15, -0.1) is 0 Å². The van der Waals surface area contributed by atoms with Gasteiger partial charge in [-0.05, 0) is 37.8 Å². The minimum Gasteiger partial charge on any atom is -0.390 e. The van der Waals surface area contributed by atoms with Crippen LogP contribution in [-0.4, -0.2) is 15.8 Å². The van der Waals surface area contributed by atoms with Gasteiger partial charge in [0.05, 0.1) is 11.2 Å². The summed E-state index contributed by atoms with van der Waals surface area (Å²) in [6, 6.07) is 7.84. The van der Waals surface area contributed by atoms with Gasteiger partial charge in [0.15, 0.2) is 0 Å². The molecule has 1 saturated carbocycles. The van der Waals surface area contributed by atoms with E-state index in [4.69, 9.17) is 0 Å². The maximum Gasteiger partial charge on any atom is 0.0840 e. The van der Waals surface area contributed by atoms with E-state index in [-0.39, 0.29) is 0 Å². The van der Waals surface area contributed by atoms with Gasteiger partial charge in [0.2, 0.25) is 0 Å². The van der Waals surface area contributed by atoms with Crippen molar-refractivity contribution in [2.45, 2.75) is 44.3 Å². The highest BCUT2D eigenvalue weighted by molar-refractivity contribution is 5.29. The molecule has 2 rings (SSSR count). The van der Waals surface area contributed by atoms with Crippen LogP contribution < -0.4 is 0 Å². The average Bonchev–Trinajstić information content (AvgIpc) is 2.82. The van der Waals surface area contributed by atoms with Crippen LogP contribution in [0.5, 0.6) is 0 Å². The van der Waals surface area contributed by atoms with Crippen LogP contribution in [0.3, 0.4) is 0 Å². The van der Waals surface area contributed by atoms with E-state index in [0.717, 1.165) is 24.0 Å². The first-order chi connectivity index (χ1) is 6.89. The van der Waals surface area contributed by atoms with E-state index in [9.17, 15) is 10.2 Å². The normalized spacial score (nSPS) is 18.9. The minimum atomic E-state index is -0.803. The van der Waals surface area contributed by atoms with Gasteiger partial charge in [-0.3, -0.25) is 0 Å². The van der Waals surface area contributed by atoms with E-state index in [2.05, 4.69) is 0 Å². The average molecular weight is 206 g/mol. The predicted octanol–water partition coefficient (Wildman–Crippen LogP) is 1.98. The second kappa shape index (κ2) is 3.32. The first kappa shape index (κ1) is 10.7. The Labute approximate surface area is 90.6 Å². The fourth-order valence-corrected chi connectivity index (χ4v) is 1.76. The number of aliphatic hydroxyl groups is 2. The highest BCUT2D eigenvalue weighted by atomic mass is 16.3. The van der Waals surface area contributed by atoms with Gasteiger partial charge in [-0.2, -0.15) is 0 Å². The Bertz CT molecular complexity index is 359. The molecular formula is C13H18O2. The lowest BCUT2D eigenvalue weighted by atomic mass is 9.94. The van der Waals surface area contributed by atoms with Crippen LogP contribution in [-0.2, 0) is 12.0 Å². The molecule has 1 aromatic carbocycles. The van der Waals surface area contributed by atoms with Crippen LogP contribution in [0.15, 0.2) is 24.3 Å². The van der Waals surface area contributed by atoms with Crippen molar-refractivity contribution in [1.82, 2.24) is 0 Å². The lowest BCUT2D eigenvalue weighted by Crippen LogP contribution is -2.17. The monoisotopic (exact) mass is 206 g/mol. The zero-order chi connectivity index (χ0) is 11.1. The lowest BCUT2D eigenvalue weighted by molar-refractivity contribution is 0.0783. The molecule has 1 aliphatic rings. The van der Waals surface area contributed by atoms with Crippen molar-refractivity contribution >= 4 is 0 Å². The molecule has 1 aliphatic carbocycles. The molecule has 2 nitrogen and oxygen atoms in total. The molecule has 2 heteroatoms. The van der Waals surface area contributed by atoms with E-state index in [1.165, 1.54) is 0 Å². The lowest BCUT2D eigenvalue weighted by Gasteiger charge is -2.19. The van der Waals surface area contributed by atoms with E-state index in [1.54, 1.807) is 13.8 Å². The third-order valence-corrected chi connectivity index (χ3v) is 2.99.